The summed E-state index contributed by atoms with van der Waals surface area (Å²) in [6.07, 6.45) is -0.681. The predicted molar refractivity (Wildman–Crippen MR) is 89.8 cm³/mol. The smallest absolute Gasteiger partial charge is 0.351 e. The molecule has 0 saturated heterocycles. The first-order valence-electron chi connectivity index (χ1n) is 7.71. The summed E-state index contributed by atoms with van der Waals surface area (Å²) in [6, 6.07) is 9.68. The van der Waals surface area contributed by atoms with E-state index in [4.69, 9.17) is 14.1 Å². The molecule has 9 heteroatoms. The van der Waals surface area contributed by atoms with E-state index in [1.54, 1.807) is 12.1 Å². The summed E-state index contributed by atoms with van der Waals surface area (Å²) in [6.45, 7) is -0.160. The van der Waals surface area contributed by atoms with E-state index in [2.05, 4.69) is 15.3 Å². The molecule has 0 saturated carbocycles. The van der Waals surface area contributed by atoms with Gasteiger partial charge in [0.25, 0.3) is 5.89 Å². The van der Waals surface area contributed by atoms with Crippen molar-refractivity contribution in [1.29, 1.82) is 0 Å². The van der Waals surface area contributed by atoms with Gasteiger partial charge in [-0.3, -0.25) is 0 Å². The van der Waals surface area contributed by atoms with Crippen LogP contribution in [-0.2, 0) is 21.0 Å². The second kappa shape index (κ2) is 7.04. The highest BCUT2D eigenvalue weighted by molar-refractivity contribution is 7.13. The molecule has 4 rings (SSSR count). The van der Waals surface area contributed by atoms with Crippen LogP contribution in [0, 0.1) is 5.82 Å². The number of carbonyl (C=O) groups is 1. The molecule has 0 bridgehead atoms. The number of oxime groups is 1. The van der Waals surface area contributed by atoms with Crippen LogP contribution in [0.5, 0.6) is 0 Å². The first kappa shape index (κ1) is 16.4. The summed E-state index contributed by atoms with van der Waals surface area (Å²) in [5.74, 6) is -0.351. The molecule has 0 spiro atoms. The van der Waals surface area contributed by atoms with Gasteiger partial charge in [0.1, 0.15) is 5.82 Å². The number of nitrogens with zero attached hydrogens (tertiary/aromatic N) is 3. The van der Waals surface area contributed by atoms with Crippen LogP contribution < -0.4 is 0 Å². The topological polar surface area (TPSA) is 86.8 Å². The van der Waals surface area contributed by atoms with Crippen molar-refractivity contribution in [2.75, 3.05) is 0 Å². The van der Waals surface area contributed by atoms with E-state index < -0.39 is 12.1 Å². The van der Waals surface area contributed by atoms with E-state index in [1.165, 1.54) is 23.5 Å². The highest BCUT2D eigenvalue weighted by atomic mass is 32.1. The summed E-state index contributed by atoms with van der Waals surface area (Å²) >= 11 is 1.48. The average Bonchev–Trinajstić information content (AvgIpc) is 3.40. The van der Waals surface area contributed by atoms with Crippen molar-refractivity contribution < 1.29 is 23.3 Å². The third kappa shape index (κ3) is 3.47. The second-order valence-electron chi connectivity index (χ2n) is 5.44. The molecule has 2 aromatic heterocycles. The molecule has 1 aliphatic rings. The van der Waals surface area contributed by atoms with Gasteiger partial charge in [0, 0.05) is 12.0 Å². The Morgan fingerprint density at radius 1 is 1.35 bits per heavy atom. The minimum absolute atomic E-state index is 0.160. The molecular weight excluding hydrogens is 361 g/mol. The van der Waals surface area contributed by atoms with Gasteiger partial charge in [0.2, 0.25) is 11.9 Å². The molecule has 7 nitrogen and oxygen atoms in total. The van der Waals surface area contributed by atoms with E-state index >= 15 is 0 Å². The number of thiophene rings is 1. The lowest BCUT2D eigenvalue weighted by Crippen LogP contribution is -2.23. The van der Waals surface area contributed by atoms with Crippen LogP contribution >= 0.6 is 11.3 Å². The number of aromatic nitrogens is 2. The average molecular weight is 373 g/mol. The van der Waals surface area contributed by atoms with Gasteiger partial charge < -0.3 is 14.1 Å². The molecule has 0 fully saturated rings. The minimum atomic E-state index is -0.882. The molecule has 1 unspecified atom stereocenters. The Hall–Kier alpha value is -3.07. The Kier molecular flexibility index (Phi) is 4.44. The number of rotatable bonds is 5. The van der Waals surface area contributed by atoms with Gasteiger partial charge in [-0.1, -0.05) is 28.5 Å². The first-order valence-corrected chi connectivity index (χ1v) is 8.59. The highest BCUT2D eigenvalue weighted by Crippen LogP contribution is 2.22. The zero-order valence-corrected chi connectivity index (χ0v) is 14.1. The van der Waals surface area contributed by atoms with Crippen LogP contribution in [0.15, 0.2) is 51.5 Å². The molecule has 0 radical (unpaired) electrons. The summed E-state index contributed by atoms with van der Waals surface area (Å²) in [7, 11) is 0. The third-order valence-corrected chi connectivity index (χ3v) is 4.50. The molecular formula is C17H12FN3O4S. The predicted octanol–water partition coefficient (Wildman–Crippen LogP) is 3.17. The number of hydrogen-bond acceptors (Lipinski definition) is 8. The normalized spacial score (nSPS) is 16.2. The molecule has 0 amide bonds. The van der Waals surface area contributed by atoms with Crippen molar-refractivity contribution >= 4 is 23.0 Å². The third-order valence-electron chi connectivity index (χ3n) is 3.64. The maximum atomic E-state index is 13.3. The van der Waals surface area contributed by atoms with E-state index in [9.17, 15) is 9.18 Å². The summed E-state index contributed by atoms with van der Waals surface area (Å²) in [5, 5.41) is 9.58. The van der Waals surface area contributed by atoms with Gasteiger partial charge in [-0.2, -0.15) is 4.98 Å². The summed E-state index contributed by atoms with van der Waals surface area (Å²) < 4.78 is 23.5. The second-order valence-corrected chi connectivity index (χ2v) is 6.39. The Labute approximate surface area is 151 Å². The molecule has 3 aromatic rings. The van der Waals surface area contributed by atoms with E-state index in [0.717, 1.165) is 4.88 Å². The fourth-order valence-corrected chi connectivity index (χ4v) is 3.04. The van der Waals surface area contributed by atoms with Gasteiger partial charge in [-0.25, -0.2) is 9.18 Å². The van der Waals surface area contributed by atoms with Crippen molar-refractivity contribution in [3.8, 4) is 10.7 Å². The van der Waals surface area contributed by atoms with Gasteiger partial charge in [-0.15, -0.1) is 11.3 Å². The van der Waals surface area contributed by atoms with E-state index in [-0.39, 0.29) is 24.7 Å². The number of ether oxygens (including phenoxy) is 1. The van der Waals surface area contributed by atoms with Crippen molar-refractivity contribution in [1.82, 2.24) is 10.1 Å². The van der Waals surface area contributed by atoms with Crippen LogP contribution in [0.3, 0.4) is 0 Å². The number of halogens is 1. The lowest BCUT2D eigenvalue weighted by Gasteiger charge is -2.06. The molecule has 0 N–H and O–H groups in total. The lowest BCUT2D eigenvalue weighted by atomic mass is 10.1. The largest absolute Gasteiger partial charge is 0.453 e. The fraction of sp³-hybridized carbons (Fsp3) is 0.176. The van der Waals surface area contributed by atoms with E-state index in [1.807, 2.05) is 17.5 Å². The number of esters is 1. The number of carbonyl (C=O) groups excluding carboxylic acids is 1. The maximum absolute atomic E-state index is 13.3. The van der Waals surface area contributed by atoms with Gasteiger partial charge >= 0.3 is 5.97 Å². The van der Waals surface area contributed by atoms with Gasteiger partial charge in [0.15, 0.2) is 6.61 Å². The molecule has 132 valence electrons. The Morgan fingerprint density at radius 3 is 3.08 bits per heavy atom. The van der Waals surface area contributed by atoms with Crippen LogP contribution in [0.1, 0.15) is 17.9 Å². The number of hydrogen-bond donors (Lipinski definition) is 0. The monoisotopic (exact) mass is 373 g/mol. The zero-order valence-electron chi connectivity index (χ0n) is 13.3. The molecule has 3 heterocycles. The molecule has 1 aliphatic heterocycles. The Bertz CT molecular complexity index is 955. The van der Waals surface area contributed by atoms with Crippen molar-refractivity contribution in [3.05, 3.63) is 59.0 Å². The SMILES string of the molecule is O=C(OCc1nc(-c2cccs2)no1)C1CC(c2cccc(F)c2)=NO1. The van der Waals surface area contributed by atoms with Crippen molar-refractivity contribution in [2.24, 2.45) is 5.16 Å². The lowest BCUT2D eigenvalue weighted by molar-refractivity contribution is -0.157. The van der Waals surface area contributed by atoms with Crippen LogP contribution in [0.25, 0.3) is 10.7 Å². The van der Waals surface area contributed by atoms with Crippen LogP contribution in [0.4, 0.5) is 4.39 Å². The Balaban J connectivity index is 1.32. The number of benzene rings is 1. The molecule has 0 aliphatic carbocycles. The minimum Gasteiger partial charge on any atom is -0.453 e. The summed E-state index contributed by atoms with van der Waals surface area (Å²) in [4.78, 5) is 22.2. The highest BCUT2D eigenvalue weighted by Gasteiger charge is 2.30. The fourth-order valence-electron chi connectivity index (χ4n) is 2.39. The van der Waals surface area contributed by atoms with Gasteiger partial charge in [-0.05, 0) is 23.6 Å². The molecule has 1 aromatic carbocycles. The summed E-state index contributed by atoms with van der Waals surface area (Å²) in [5.41, 5.74) is 1.06. The van der Waals surface area contributed by atoms with Gasteiger partial charge in [0.05, 0.1) is 10.6 Å². The molecule has 1 atom stereocenters. The Morgan fingerprint density at radius 2 is 2.27 bits per heavy atom. The first-order chi connectivity index (χ1) is 12.7. The van der Waals surface area contributed by atoms with Crippen molar-refractivity contribution in [2.45, 2.75) is 19.1 Å². The van der Waals surface area contributed by atoms with Crippen LogP contribution in [0.2, 0.25) is 0 Å². The zero-order chi connectivity index (χ0) is 17.9. The standard InChI is InChI=1S/C17H12FN3O4S/c18-11-4-1-3-10(7-11)12-8-13(24-20-12)17(22)23-9-15-19-16(21-25-15)14-5-2-6-26-14/h1-7,13H,8-9H2. The van der Waals surface area contributed by atoms with Crippen molar-refractivity contribution in [3.63, 3.8) is 0 Å². The van der Waals surface area contributed by atoms with E-state index in [0.29, 0.717) is 17.1 Å². The quantitative estimate of drug-likeness (QED) is 0.639. The maximum Gasteiger partial charge on any atom is 0.351 e. The van der Waals surface area contributed by atoms with Crippen LogP contribution in [-0.4, -0.2) is 27.9 Å². The molecule has 26 heavy (non-hydrogen) atoms.